The molecule has 3 amide bonds. The second-order valence-corrected chi connectivity index (χ2v) is 11.1. The molecule has 1 N–H and O–H groups in total. The Bertz CT molecular complexity index is 1030. The summed E-state index contributed by atoms with van der Waals surface area (Å²) in [4.78, 5) is 68.9. The second kappa shape index (κ2) is 14.2. The van der Waals surface area contributed by atoms with Gasteiger partial charge in [-0.25, -0.2) is 4.79 Å². The largest absolute Gasteiger partial charge is 0.431 e. The van der Waals surface area contributed by atoms with Gasteiger partial charge in [0, 0.05) is 63.7 Å². The van der Waals surface area contributed by atoms with Crippen LogP contribution < -0.4 is 5.32 Å². The van der Waals surface area contributed by atoms with Gasteiger partial charge in [-0.1, -0.05) is 39.8 Å². The molecule has 0 spiro atoms. The fourth-order valence-electron chi connectivity index (χ4n) is 4.92. The van der Waals surface area contributed by atoms with Gasteiger partial charge >= 0.3 is 6.09 Å². The Morgan fingerprint density at radius 1 is 0.923 bits per heavy atom. The zero-order valence-electron chi connectivity index (χ0n) is 24.5. The molecule has 1 aromatic carbocycles. The molecular formula is C29H44N4O6. The normalized spacial score (nSPS) is 16.4. The van der Waals surface area contributed by atoms with Gasteiger partial charge in [0.15, 0.2) is 5.78 Å². The minimum Gasteiger partial charge on any atom is -0.431 e. The lowest BCUT2D eigenvalue weighted by molar-refractivity contribution is -0.143. The highest BCUT2D eigenvalue weighted by Gasteiger charge is 2.37. The topological polar surface area (TPSA) is 116 Å². The van der Waals surface area contributed by atoms with Crippen LogP contribution in [0.4, 0.5) is 10.5 Å². The molecule has 1 saturated heterocycles. The Morgan fingerprint density at radius 2 is 1.49 bits per heavy atom. The highest BCUT2D eigenvalue weighted by Crippen LogP contribution is 2.26. The van der Waals surface area contributed by atoms with E-state index < -0.39 is 24.2 Å². The van der Waals surface area contributed by atoms with Gasteiger partial charge in [-0.15, -0.1) is 0 Å². The van der Waals surface area contributed by atoms with Gasteiger partial charge in [-0.2, -0.15) is 0 Å². The van der Waals surface area contributed by atoms with Gasteiger partial charge in [-0.3, -0.25) is 19.2 Å². The van der Waals surface area contributed by atoms with E-state index >= 15 is 0 Å². The lowest BCUT2D eigenvalue weighted by Gasteiger charge is -2.35. The molecule has 0 saturated carbocycles. The van der Waals surface area contributed by atoms with E-state index in [2.05, 4.69) is 10.2 Å². The third kappa shape index (κ3) is 8.88. The number of anilines is 1. The van der Waals surface area contributed by atoms with Crippen LogP contribution in [-0.4, -0.2) is 90.5 Å². The summed E-state index contributed by atoms with van der Waals surface area (Å²) in [6, 6.07) is 5.75. The van der Waals surface area contributed by atoms with E-state index in [9.17, 15) is 24.0 Å². The fourth-order valence-corrected chi connectivity index (χ4v) is 4.92. The highest BCUT2D eigenvalue weighted by atomic mass is 16.6. The van der Waals surface area contributed by atoms with Crippen molar-refractivity contribution in [1.29, 1.82) is 0 Å². The molecule has 10 heteroatoms. The Hall–Kier alpha value is -3.27. The molecule has 1 unspecified atom stereocenters. The number of hydrogen-bond donors (Lipinski definition) is 1. The number of hydrogen-bond acceptors (Lipinski definition) is 7. The number of ketones is 2. The van der Waals surface area contributed by atoms with Crippen molar-refractivity contribution in [2.24, 2.45) is 17.8 Å². The third-order valence-electron chi connectivity index (χ3n) is 7.21. The van der Waals surface area contributed by atoms with Gasteiger partial charge in [0.25, 0.3) is 5.91 Å². The van der Waals surface area contributed by atoms with Crippen LogP contribution in [0.5, 0.6) is 0 Å². The van der Waals surface area contributed by atoms with Crippen LogP contribution in [0, 0.1) is 17.8 Å². The van der Waals surface area contributed by atoms with Crippen LogP contribution in [-0.2, 0) is 23.9 Å². The van der Waals surface area contributed by atoms with Crippen LogP contribution >= 0.6 is 0 Å². The molecule has 216 valence electrons. The third-order valence-corrected chi connectivity index (χ3v) is 7.21. The minimum atomic E-state index is -1.22. The maximum absolute atomic E-state index is 13.6. The number of piperazine rings is 1. The number of nitrogens with zero attached hydrogens (tertiary/aromatic N) is 3. The molecule has 39 heavy (non-hydrogen) atoms. The predicted octanol–water partition coefficient (Wildman–Crippen LogP) is 3.37. The van der Waals surface area contributed by atoms with Crippen LogP contribution in [0.3, 0.4) is 0 Å². The molecule has 1 aliphatic rings. The molecule has 1 heterocycles. The number of carbonyl (C=O) groups excluding carboxylic acids is 5. The number of ether oxygens (including phenoxy) is 1. The monoisotopic (exact) mass is 544 g/mol. The molecule has 2 rings (SSSR count). The van der Waals surface area contributed by atoms with Crippen LogP contribution in [0.25, 0.3) is 0 Å². The quantitative estimate of drug-likeness (QED) is 0.454. The van der Waals surface area contributed by atoms with E-state index in [-0.39, 0.29) is 41.6 Å². The van der Waals surface area contributed by atoms with Crippen molar-refractivity contribution in [1.82, 2.24) is 14.7 Å². The van der Waals surface area contributed by atoms with Crippen molar-refractivity contribution >= 4 is 35.2 Å². The van der Waals surface area contributed by atoms with Gasteiger partial charge in [0.05, 0.1) is 6.04 Å². The number of Topliss-reactive ketones (excluding diaryl/α,β-unsaturated/α-hetero) is 2. The van der Waals surface area contributed by atoms with Gasteiger partial charge in [-0.05, 0) is 37.9 Å². The maximum Gasteiger partial charge on any atom is 0.411 e. The molecule has 0 bridgehead atoms. The van der Waals surface area contributed by atoms with Crippen molar-refractivity contribution in [2.75, 3.05) is 45.6 Å². The standard InChI is InChI=1S/C29H44N4O6/c1-18(2)24(20(5)34)17-25(36)26(19(3)4)32(8)29(38)39-27(28(37)33-15-13-31(7)14-16-33)22-9-11-23(12-10-22)30-21(6)35/h9-12,18-19,24,26-27H,13-17H2,1-8H3,(H,30,35)/t24-,26-,27?/m0/s1. The Kier molecular flexibility index (Phi) is 11.6. The van der Waals surface area contributed by atoms with E-state index in [1.54, 1.807) is 29.2 Å². The smallest absolute Gasteiger partial charge is 0.411 e. The second-order valence-electron chi connectivity index (χ2n) is 11.1. The first-order chi connectivity index (χ1) is 18.2. The first-order valence-electron chi connectivity index (χ1n) is 13.5. The van der Waals surface area contributed by atoms with Crippen LogP contribution in [0.1, 0.15) is 59.6 Å². The molecule has 0 aromatic heterocycles. The van der Waals surface area contributed by atoms with Gasteiger partial charge < -0.3 is 24.8 Å². The number of likely N-dealkylation sites (N-methyl/N-ethyl adjacent to an activating group) is 2. The summed E-state index contributed by atoms with van der Waals surface area (Å²) in [6.07, 6.45) is -2.00. The van der Waals surface area contributed by atoms with E-state index in [1.165, 1.54) is 25.8 Å². The lowest BCUT2D eigenvalue weighted by Crippen LogP contribution is -2.50. The van der Waals surface area contributed by atoms with Crippen molar-refractivity contribution in [2.45, 2.75) is 60.1 Å². The Labute approximate surface area is 232 Å². The van der Waals surface area contributed by atoms with Crippen molar-refractivity contribution in [3.8, 4) is 0 Å². The molecular weight excluding hydrogens is 500 g/mol. The SMILES string of the molecule is CC(=O)Nc1ccc(C(OC(=O)N(C)[C@H](C(=O)C[C@H](C(C)=O)C(C)C)C(C)C)C(=O)N2CCN(C)CC2)cc1. The van der Waals surface area contributed by atoms with Crippen LogP contribution in [0.15, 0.2) is 24.3 Å². The van der Waals surface area contributed by atoms with Crippen molar-refractivity contribution in [3.05, 3.63) is 29.8 Å². The van der Waals surface area contributed by atoms with E-state index in [4.69, 9.17) is 4.74 Å². The molecule has 1 aromatic rings. The number of carbonyl (C=O) groups is 5. The first-order valence-corrected chi connectivity index (χ1v) is 13.5. The molecule has 0 aliphatic carbocycles. The average Bonchev–Trinajstić information content (AvgIpc) is 2.85. The summed E-state index contributed by atoms with van der Waals surface area (Å²) < 4.78 is 5.82. The minimum absolute atomic E-state index is 0.0115. The number of benzene rings is 1. The zero-order chi connectivity index (χ0) is 29.4. The lowest BCUT2D eigenvalue weighted by atomic mass is 9.84. The Morgan fingerprint density at radius 3 is 1.95 bits per heavy atom. The predicted molar refractivity (Wildman–Crippen MR) is 149 cm³/mol. The van der Waals surface area contributed by atoms with E-state index in [0.717, 1.165) is 0 Å². The summed E-state index contributed by atoms with van der Waals surface area (Å²) in [5.74, 6) is -1.54. The summed E-state index contributed by atoms with van der Waals surface area (Å²) in [5.41, 5.74) is 1.01. The highest BCUT2D eigenvalue weighted by molar-refractivity contribution is 5.92. The first kappa shape index (κ1) is 31.9. The molecule has 1 fully saturated rings. The number of amides is 3. The summed E-state index contributed by atoms with van der Waals surface area (Å²) >= 11 is 0. The molecule has 0 radical (unpaired) electrons. The van der Waals surface area contributed by atoms with E-state index in [1.807, 2.05) is 34.7 Å². The molecule has 1 aliphatic heterocycles. The average molecular weight is 545 g/mol. The van der Waals surface area contributed by atoms with Crippen molar-refractivity contribution < 1.29 is 28.7 Å². The van der Waals surface area contributed by atoms with E-state index in [0.29, 0.717) is 37.4 Å². The zero-order valence-corrected chi connectivity index (χ0v) is 24.5. The maximum atomic E-state index is 13.6. The fraction of sp³-hybridized carbons (Fsp3) is 0.621. The summed E-state index contributed by atoms with van der Waals surface area (Å²) in [5, 5.41) is 2.68. The number of rotatable bonds is 11. The summed E-state index contributed by atoms with van der Waals surface area (Å²) in [7, 11) is 3.47. The molecule has 10 nitrogen and oxygen atoms in total. The number of nitrogens with one attached hydrogen (secondary N) is 1. The van der Waals surface area contributed by atoms with Gasteiger partial charge in [0.2, 0.25) is 12.0 Å². The van der Waals surface area contributed by atoms with Crippen LogP contribution in [0.2, 0.25) is 0 Å². The summed E-state index contributed by atoms with van der Waals surface area (Å²) in [6.45, 7) is 12.7. The van der Waals surface area contributed by atoms with Crippen molar-refractivity contribution in [3.63, 3.8) is 0 Å². The Balaban J connectivity index is 2.31. The molecule has 3 atom stereocenters. The van der Waals surface area contributed by atoms with Gasteiger partial charge in [0.1, 0.15) is 5.78 Å².